The van der Waals surface area contributed by atoms with Crippen LogP contribution in [0, 0.1) is 6.92 Å². The molecule has 2 aliphatic rings. The van der Waals surface area contributed by atoms with Crippen LogP contribution in [0.4, 0.5) is 13.2 Å². The van der Waals surface area contributed by atoms with Gasteiger partial charge < -0.3 is 4.90 Å². The molecule has 0 unspecified atom stereocenters. The molecule has 0 bridgehead atoms. The third-order valence-electron chi connectivity index (χ3n) is 6.21. The van der Waals surface area contributed by atoms with Crippen LogP contribution in [-0.4, -0.2) is 62.5 Å². The molecule has 5 rings (SSSR count). The van der Waals surface area contributed by atoms with Crippen molar-refractivity contribution in [1.29, 1.82) is 0 Å². The van der Waals surface area contributed by atoms with Gasteiger partial charge in [-0.3, -0.25) is 9.69 Å². The Bertz CT molecular complexity index is 1140. The van der Waals surface area contributed by atoms with Crippen molar-refractivity contribution in [3.63, 3.8) is 0 Å². The predicted molar refractivity (Wildman–Crippen MR) is 109 cm³/mol. The van der Waals surface area contributed by atoms with E-state index < -0.39 is 11.9 Å². The van der Waals surface area contributed by atoms with Gasteiger partial charge in [0.2, 0.25) is 0 Å². The molecule has 162 valence electrons. The van der Waals surface area contributed by atoms with Crippen LogP contribution in [0.15, 0.2) is 36.5 Å². The lowest BCUT2D eigenvalue weighted by atomic mass is 10.1. The predicted octanol–water partition coefficient (Wildman–Crippen LogP) is 3.64. The summed E-state index contributed by atoms with van der Waals surface area (Å²) in [5, 5.41) is 3.89. The van der Waals surface area contributed by atoms with Crippen molar-refractivity contribution in [2.75, 3.05) is 26.2 Å². The number of hydrogen-bond acceptors (Lipinski definition) is 4. The van der Waals surface area contributed by atoms with E-state index in [9.17, 15) is 18.0 Å². The summed E-state index contributed by atoms with van der Waals surface area (Å²) in [6, 6.07) is 8.39. The summed E-state index contributed by atoms with van der Waals surface area (Å²) in [7, 11) is 0. The first-order chi connectivity index (χ1) is 14.8. The lowest BCUT2D eigenvalue weighted by Gasteiger charge is -2.37. The van der Waals surface area contributed by atoms with Gasteiger partial charge in [-0.2, -0.15) is 18.3 Å². The van der Waals surface area contributed by atoms with E-state index in [0.29, 0.717) is 24.7 Å². The fourth-order valence-electron chi connectivity index (χ4n) is 4.53. The van der Waals surface area contributed by atoms with Crippen molar-refractivity contribution in [3.8, 4) is 11.3 Å². The molecule has 0 saturated carbocycles. The number of alkyl halides is 3. The zero-order chi connectivity index (χ0) is 21.8. The van der Waals surface area contributed by atoms with Gasteiger partial charge in [0.25, 0.3) is 5.91 Å². The minimum Gasteiger partial charge on any atom is -0.336 e. The maximum atomic E-state index is 13.8. The fraction of sp³-hybridized carbons (Fsp3) is 0.409. The highest BCUT2D eigenvalue weighted by atomic mass is 19.4. The Balaban J connectivity index is 1.58. The quantitative estimate of drug-likeness (QED) is 0.624. The maximum absolute atomic E-state index is 13.8. The fourth-order valence-corrected chi connectivity index (χ4v) is 4.53. The maximum Gasteiger partial charge on any atom is 0.433 e. The molecule has 0 N–H and O–H groups in total. The minimum absolute atomic E-state index is 0.0655. The van der Waals surface area contributed by atoms with Crippen LogP contribution in [0.5, 0.6) is 0 Å². The molecule has 2 fully saturated rings. The van der Waals surface area contributed by atoms with E-state index in [4.69, 9.17) is 0 Å². The van der Waals surface area contributed by atoms with Gasteiger partial charge in [-0.25, -0.2) is 9.50 Å². The van der Waals surface area contributed by atoms with Crippen molar-refractivity contribution in [2.24, 2.45) is 0 Å². The number of piperazine rings is 1. The van der Waals surface area contributed by atoms with Crippen molar-refractivity contribution in [1.82, 2.24) is 24.4 Å². The standard InChI is InChI=1S/C22H22F3N5O/c1-14-4-6-15(7-5-14)18-11-19(22(23,24)25)30-20(27-18)17(12-26-30)21(31)29-10-9-28-8-2-3-16(28)13-29/h4-7,11-12,16H,2-3,8-10,13H2,1H3/t16-/m0/s1. The molecule has 6 nitrogen and oxygen atoms in total. The normalized spacial score (nSPS) is 19.7. The number of carbonyl (C=O) groups excluding carboxylic acids is 1. The average Bonchev–Trinajstić information content (AvgIpc) is 3.38. The van der Waals surface area contributed by atoms with E-state index in [1.54, 1.807) is 17.0 Å². The van der Waals surface area contributed by atoms with Crippen LogP contribution in [0.3, 0.4) is 0 Å². The molecule has 2 aromatic heterocycles. The molecule has 31 heavy (non-hydrogen) atoms. The summed E-state index contributed by atoms with van der Waals surface area (Å²) in [6.07, 6.45) is -1.28. The number of hydrogen-bond donors (Lipinski definition) is 0. The summed E-state index contributed by atoms with van der Waals surface area (Å²) < 4.78 is 42.1. The SMILES string of the molecule is Cc1ccc(-c2cc(C(F)(F)F)n3ncc(C(=O)N4CCN5CCC[C@H]5C4)c3n2)cc1. The molecule has 0 radical (unpaired) electrons. The van der Waals surface area contributed by atoms with Crippen LogP contribution in [0.2, 0.25) is 0 Å². The molecule has 4 heterocycles. The van der Waals surface area contributed by atoms with Gasteiger partial charge in [0.05, 0.1) is 11.9 Å². The number of halogens is 3. The Hall–Kier alpha value is -2.94. The van der Waals surface area contributed by atoms with Crippen molar-refractivity contribution >= 4 is 11.6 Å². The van der Waals surface area contributed by atoms with E-state index in [1.165, 1.54) is 6.20 Å². The second-order valence-electron chi connectivity index (χ2n) is 8.27. The monoisotopic (exact) mass is 429 g/mol. The van der Waals surface area contributed by atoms with Crippen LogP contribution in [0.1, 0.15) is 34.5 Å². The summed E-state index contributed by atoms with van der Waals surface area (Å²) in [4.78, 5) is 21.8. The highest BCUT2D eigenvalue weighted by Gasteiger charge is 2.37. The molecule has 2 saturated heterocycles. The number of aromatic nitrogens is 3. The Morgan fingerprint density at radius 1 is 1.13 bits per heavy atom. The van der Waals surface area contributed by atoms with Gasteiger partial charge in [-0.05, 0) is 32.4 Å². The first-order valence-electron chi connectivity index (χ1n) is 10.4. The lowest BCUT2D eigenvalue weighted by molar-refractivity contribution is -0.142. The topological polar surface area (TPSA) is 53.7 Å². The van der Waals surface area contributed by atoms with E-state index >= 15 is 0 Å². The van der Waals surface area contributed by atoms with Gasteiger partial charge in [0.15, 0.2) is 11.3 Å². The van der Waals surface area contributed by atoms with Gasteiger partial charge in [0.1, 0.15) is 5.56 Å². The second-order valence-corrected chi connectivity index (χ2v) is 8.27. The highest BCUT2D eigenvalue weighted by molar-refractivity contribution is 6.00. The van der Waals surface area contributed by atoms with Crippen molar-refractivity contribution in [3.05, 3.63) is 53.3 Å². The van der Waals surface area contributed by atoms with Gasteiger partial charge in [0, 0.05) is 31.2 Å². The molecular formula is C22H22F3N5O. The molecule has 0 aliphatic carbocycles. The summed E-state index contributed by atoms with van der Waals surface area (Å²) in [6.45, 7) is 4.86. The van der Waals surface area contributed by atoms with E-state index in [1.807, 2.05) is 19.1 Å². The van der Waals surface area contributed by atoms with Gasteiger partial charge in [-0.15, -0.1) is 0 Å². The minimum atomic E-state index is -4.64. The largest absolute Gasteiger partial charge is 0.433 e. The number of rotatable bonds is 2. The summed E-state index contributed by atoms with van der Waals surface area (Å²) >= 11 is 0. The van der Waals surface area contributed by atoms with Crippen LogP contribution in [-0.2, 0) is 6.18 Å². The summed E-state index contributed by atoms with van der Waals surface area (Å²) in [5.41, 5.74) is 0.794. The molecule has 9 heteroatoms. The number of benzene rings is 1. The van der Waals surface area contributed by atoms with Crippen LogP contribution < -0.4 is 0 Å². The van der Waals surface area contributed by atoms with Gasteiger partial charge >= 0.3 is 6.18 Å². The van der Waals surface area contributed by atoms with Crippen LogP contribution >= 0.6 is 0 Å². The van der Waals surface area contributed by atoms with Gasteiger partial charge in [-0.1, -0.05) is 29.8 Å². The highest BCUT2D eigenvalue weighted by Crippen LogP contribution is 2.33. The van der Waals surface area contributed by atoms with E-state index in [2.05, 4.69) is 15.0 Å². The smallest absolute Gasteiger partial charge is 0.336 e. The third-order valence-corrected chi connectivity index (χ3v) is 6.21. The second kappa shape index (κ2) is 7.33. The third kappa shape index (κ3) is 3.56. The van der Waals surface area contributed by atoms with Crippen molar-refractivity contribution in [2.45, 2.75) is 32.0 Å². The summed E-state index contributed by atoms with van der Waals surface area (Å²) in [5.74, 6) is -0.316. The van der Waals surface area contributed by atoms with E-state index in [0.717, 1.165) is 42.1 Å². The molecule has 1 atom stereocenters. The number of carbonyl (C=O) groups is 1. The lowest BCUT2D eigenvalue weighted by Crippen LogP contribution is -2.52. The molecule has 2 aliphatic heterocycles. The van der Waals surface area contributed by atoms with Crippen molar-refractivity contribution < 1.29 is 18.0 Å². The molecule has 1 amide bonds. The molecular weight excluding hydrogens is 407 g/mol. The number of nitrogens with zero attached hydrogens (tertiary/aromatic N) is 5. The molecule has 3 aromatic rings. The Labute approximate surface area is 177 Å². The first-order valence-corrected chi connectivity index (χ1v) is 10.4. The first kappa shape index (κ1) is 20.0. The molecule has 0 spiro atoms. The molecule has 1 aromatic carbocycles. The Kier molecular flexibility index (Phi) is 4.73. The zero-order valence-corrected chi connectivity index (χ0v) is 17.1. The van der Waals surface area contributed by atoms with E-state index in [-0.39, 0.29) is 22.8 Å². The number of amides is 1. The average molecular weight is 429 g/mol. The van der Waals surface area contributed by atoms with Crippen LogP contribution in [0.25, 0.3) is 16.9 Å². The Morgan fingerprint density at radius 3 is 2.65 bits per heavy atom. The number of aryl methyl sites for hydroxylation is 1. The zero-order valence-electron chi connectivity index (χ0n) is 17.1. The Morgan fingerprint density at radius 2 is 1.90 bits per heavy atom. The number of fused-ring (bicyclic) bond motifs is 2.